The van der Waals surface area contributed by atoms with Crippen LogP contribution in [0.15, 0.2) is 18.2 Å². The van der Waals surface area contributed by atoms with E-state index < -0.39 is 12.0 Å². The molecule has 0 atom stereocenters. The smallest absolute Gasteiger partial charge is 0.423 e. The molecule has 1 rings (SSSR count). The third-order valence-electron chi connectivity index (χ3n) is 1.66. The Morgan fingerprint density at radius 1 is 1.19 bits per heavy atom. The van der Waals surface area contributed by atoms with Gasteiger partial charge in [-0.3, -0.25) is 10.2 Å². The Morgan fingerprint density at radius 3 is 2.44 bits per heavy atom. The summed E-state index contributed by atoms with van der Waals surface area (Å²) in [5.74, 6) is -0.485. The molecule has 5 nitrogen and oxygen atoms in total. The van der Waals surface area contributed by atoms with E-state index in [0.717, 1.165) is 0 Å². The second-order valence-electron chi connectivity index (χ2n) is 2.90. The predicted molar refractivity (Wildman–Crippen MR) is 59.5 cm³/mol. The Labute approximate surface area is 101 Å². The van der Waals surface area contributed by atoms with Crippen molar-refractivity contribution in [1.82, 2.24) is 10.9 Å². The maximum atomic E-state index is 11.2. The van der Waals surface area contributed by atoms with E-state index in [1.54, 1.807) is 23.6 Å². The molecular formula is C9H8Cl2N2O3. The molecule has 0 spiro atoms. The normalized spacial score (nSPS) is 9.62. The average molecular weight is 263 g/mol. The molecule has 0 heterocycles. The molecule has 1 aromatic rings. The lowest BCUT2D eigenvalue weighted by Crippen LogP contribution is -2.41. The summed E-state index contributed by atoms with van der Waals surface area (Å²) >= 11 is 11.4. The molecule has 0 saturated heterocycles. The van der Waals surface area contributed by atoms with Crippen molar-refractivity contribution in [2.75, 3.05) is 0 Å². The van der Waals surface area contributed by atoms with Crippen molar-refractivity contribution in [3.05, 3.63) is 33.8 Å². The van der Waals surface area contributed by atoms with Gasteiger partial charge < -0.3 is 5.11 Å². The van der Waals surface area contributed by atoms with Crippen molar-refractivity contribution in [2.24, 2.45) is 0 Å². The van der Waals surface area contributed by atoms with Gasteiger partial charge >= 0.3 is 6.09 Å². The highest BCUT2D eigenvalue weighted by Gasteiger charge is 2.06. The number of amides is 2. The molecule has 1 aromatic carbocycles. The molecule has 0 aliphatic carbocycles. The van der Waals surface area contributed by atoms with Crippen LogP contribution in [0.25, 0.3) is 0 Å². The van der Waals surface area contributed by atoms with E-state index >= 15 is 0 Å². The van der Waals surface area contributed by atoms with E-state index in [-0.39, 0.29) is 6.42 Å². The van der Waals surface area contributed by atoms with Crippen LogP contribution in [0.4, 0.5) is 4.79 Å². The van der Waals surface area contributed by atoms with Gasteiger partial charge in [-0.05, 0) is 17.7 Å². The van der Waals surface area contributed by atoms with Gasteiger partial charge in [-0.1, -0.05) is 29.3 Å². The van der Waals surface area contributed by atoms with Crippen LogP contribution >= 0.6 is 23.2 Å². The van der Waals surface area contributed by atoms with Crippen molar-refractivity contribution in [1.29, 1.82) is 0 Å². The quantitative estimate of drug-likeness (QED) is 0.712. The molecular weight excluding hydrogens is 255 g/mol. The lowest BCUT2D eigenvalue weighted by molar-refractivity contribution is -0.121. The van der Waals surface area contributed by atoms with Crippen LogP contribution in [-0.4, -0.2) is 17.1 Å². The lowest BCUT2D eigenvalue weighted by Gasteiger charge is -2.05. The highest BCUT2D eigenvalue weighted by Crippen LogP contribution is 2.22. The van der Waals surface area contributed by atoms with Gasteiger partial charge in [-0.2, -0.15) is 0 Å². The highest BCUT2D eigenvalue weighted by molar-refractivity contribution is 6.42. The standard InChI is InChI=1S/C9H8Cl2N2O3/c10-6-2-1-5(3-7(6)11)4-8(14)12-13-9(15)16/h1-3,13H,4H2,(H,12,14)(H,15,16). The van der Waals surface area contributed by atoms with Crippen LogP contribution in [0.5, 0.6) is 0 Å². The lowest BCUT2D eigenvalue weighted by atomic mass is 10.1. The molecule has 16 heavy (non-hydrogen) atoms. The number of carbonyl (C=O) groups excluding carboxylic acids is 1. The molecule has 0 aliphatic rings. The minimum atomic E-state index is -1.33. The first kappa shape index (κ1) is 12.6. The van der Waals surface area contributed by atoms with Gasteiger partial charge in [-0.25, -0.2) is 10.2 Å². The summed E-state index contributed by atoms with van der Waals surface area (Å²) in [6.07, 6.45) is -1.32. The molecule has 2 amide bonds. The minimum absolute atomic E-state index is 0.0111. The summed E-state index contributed by atoms with van der Waals surface area (Å²) in [4.78, 5) is 21.3. The van der Waals surface area contributed by atoms with Crippen molar-refractivity contribution < 1.29 is 14.7 Å². The Morgan fingerprint density at radius 2 is 1.88 bits per heavy atom. The number of hydrogen-bond donors (Lipinski definition) is 3. The van der Waals surface area contributed by atoms with E-state index in [1.165, 1.54) is 0 Å². The van der Waals surface area contributed by atoms with E-state index in [0.29, 0.717) is 15.6 Å². The van der Waals surface area contributed by atoms with Crippen molar-refractivity contribution in [3.8, 4) is 0 Å². The number of hydrogen-bond acceptors (Lipinski definition) is 2. The summed E-state index contributed by atoms with van der Waals surface area (Å²) in [5, 5.41) is 8.99. The van der Waals surface area contributed by atoms with Crippen LogP contribution in [0.2, 0.25) is 10.0 Å². The summed E-state index contributed by atoms with van der Waals surface area (Å²) in [6.45, 7) is 0. The summed E-state index contributed by atoms with van der Waals surface area (Å²) in [6, 6.07) is 4.75. The molecule has 3 N–H and O–H groups in total. The number of nitrogens with one attached hydrogen (secondary N) is 2. The Balaban J connectivity index is 2.56. The van der Waals surface area contributed by atoms with Gasteiger partial charge in [0.05, 0.1) is 16.5 Å². The predicted octanol–water partition coefficient (Wildman–Crippen LogP) is 1.83. The van der Waals surface area contributed by atoms with Crippen LogP contribution < -0.4 is 10.9 Å². The largest absolute Gasteiger partial charge is 0.464 e. The zero-order valence-corrected chi connectivity index (χ0v) is 9.47. The topological polar surface area (TPSA) is 78.4 Å². The fourth-order valence-electron chi connectivity index (χ4n) is 1.00. The maximum absolute atomic E-state index is 11.2. The minimum Gasteiger partial charge on any atom is -0.464 e. The van der Waals surface area contributed by atoms with Crippen LogP contribution in [0.3, 0.4) is 0 Å². The summed E-state index contributed by atoms with van der Waals surface area (Å²) in [7, 11) is 0. The van der Waals surface area contributed by atoms with Gasteiger partial charge in [0.15, 0.2) is 0 Å². The second-order valence-corrected chi connectivity index (χ2v) is 3.72. The SMILES string of the molecule is O=C(O)NNC(=O)Cc1ccc(Cl)c(Cl)c1. The van der Waals surface area contributed by atoms with Crippen LogP contribution in [0.1, 0.15) is 5.56 Å². The average Bonchev–Trinajstić information content (AvgIpc) is 2.21. The van der Waals surface area contributed by atoms with Crippen LogP contribution in [-0.2, 0) is 11.2 Å². The molecule has 0 radical (unpaired) electrons. The first-order valence-corrected chi connectivity index (χ1v) is 4.96. The molecule has 7 heteroatoms. The monoisotopic (exact) mass is 262 g/mol. The van der Waals surface area contributed by atoms with Crippen molar-refractivity contribution in [3.63, 3.8) is 0 Å². The van der Waals surface area contributed by atoms with Crippen molar-refractivity contribution >= 4 is 35.2 Å². The van der Waals surface area contributed by atoms with Gasteiger partial charge in [0.25, 0.3) is 0 Å². The molecule has 0 saturated carbocycles. The molecule has 0 aromatic heterocycles. The Bertz CT molecular complexity index is 423. The van der Waals surface area contributed by atoms with Crippen molar-refractivity contribution in [2.45, 2.75) is 6.42 Å². The maximum Gasteiger partial charge on any atom is 0.423 e. The fraction of sp³-hybridized carbons (Fsp3) is 0.111. The number of carboxylic acid groups (broad SMARTS) is 1. The number of benzene rings is 1. The van der Waals surface area contributed by atoms with Gasteiger partial charge in [0.1, 0.15) is 0 Å². The van der Waals surface area contributed by atoms with Gasteiger partial charge in [0.2, 0.25) is 5.91 Å². The Hall–Kier alpha value is -1.46. The number of rotatable bonds is 2. The number of hydrazine groups is 1. The molecule has 0 fully saturated rings. The third kappa shape index (κ3) is 3.96. The number of carbonyl (C=O) groups is 2. The Kier molecular flexibility index (Phi) is 4.39. The summed E-state index contributed by atoms with van der Waals surface area (Å²) in [5.41, 5.74) is 4.39. The van der Waals surface area contributed by atoms with E-state index in [2.05, 4.69) is 0 Å². The number of halogens is 2. The second kappa shape index (κ2) is 5.58. The molecule has 86 valence electrons. The van der Waals surface area contributed by atoms with E-state index in [4.69, 9.17) is 28.3 Å². The van der Waals surface area contributed by atoms with E-state index in [9.17, 15) is 9.59 Å². The highest BCUT2D eigenvalue weighted by atomic mass is 35.5. The fourth-order valence-corrected chi connectivity index (χ4v) is 1.32. The van der Waals surface area contributed by atoms with Crippen LogP contribution in [0, 0.1) is 0 Å². The third-order valence-corrected chi connectivity index (χ3v) is 2.40. The molecule has 0 unspecified atom stereocenters. The first-order valence-electron chi connectivity index (χ1n) is 4.20. The zero-order valence-electron chi connectivity index (χ0n) is 7.96. The van der Waals surface area contributed by atoms with Gasteiger partial charge in [0, 0.05) is 0 Å². The summed E-state index contributed by atoms with van der Waals surface area (Å²) < 4.78 is 0. The van der Waals surface area contributed by atoms with Gasteiger partial charge in [-0.15, -0.1) is 0 Å². The van der Waals surface area contributed by atoms with E-state index in [1.807, 2.05) is 5.43 Å². The molecule has 0 aliphatic heterocycles. The zero-order chi connectivity index (χ0) is 12.1. The molecule has 0 bridgehead atoms. The first-order chi connectivity index (χ1) is 7.49.